The Morgan fingerprint density at radius 1 is 1.20 bits per heavy atom. The van der Waals surface area contributed by atoms with Crippen LogP contribution < -0.4 is 0 Å². The van der Waals surface area contributed by atoms with Gasteiger partial charge in [-0.25, -0.2) is 9.78 Å². The molecule has 0 unspecified atom stereocenters. The van der Waals surface area contributed by atoms with Crippen LogP contribution in [0.15, 0.2) is 59.7 Å². The van der Waals surface area contributed by atoms with E-state index in [4.69, 9.17) is 4.74 Å². The molecule has 152 valence electrons. The van der Waals surface area contributed by atoms with Crippen molar-refractivity contribution in [2.24, 2.45) is 7.05 Å². The van der Waals surface area contributed by atoms with Crippen LogP contribution in [0.4, 0.5) is 0 Å². The van der Waals surface area contributed by atoms with Crippen LogP contribution in [0, 0.1) is 0 Å². The topological polar surface area (TPSA) is 119 Å². The third-order valence-corrected chi connectivity index (χ3v) is 5.45. The van der Waals surface area contributed by atoms with Crippen LogP contribution in [0.3, 0.4) is 0 Å². The van der Waals surface area contributed by atoms with Crippen molar-refractivity contribution in [2.75, 3.05) is 12.9 Å². The van der Waals surface area contributed by atoms with Gasteiger partial charge in [0.2, 0.25) is 0 Å². The predicted octanol–water partition coefficient (Wildman–Crippen LogP) is 2.99. The van der Waals surface area contributed by atoms with Gasteiger partial charge in [0.05, 0.1) is 23.9 Å². The number of benzene rings is 1. The molecule has 0 atom stereocenters. The number of ether oxygens (including phenoxy) is 1. The Kier molecular flexibility index (Phi) is 5.48. The number of nitrogens with one attached hydrogen (secondary N) is 1. The maximum atomic E-state index is 12.3. The van der Waals surface area contributed by atoms with Crippen LogP contribution in [0.1, 0.15) is 5.82 Å². The zero-order chi connectivity index (χ0) is 21.1. The van der Waals surface area contributed by atoms with Crippen LogP contribution >= 0.6 is 11.8 Å². The fraction of sp³-hybridized carbons (Fsp3) is 0.150. The number of imidazole rings is 1. The van der Waals surface area contributed by atoms with E-state index in [-0.39, 0.29) is 22.9 Å². The van der Waals surface area contributed by atoms with E-state index in [9.17, 15) is 9.90 Å². The summed E-state index contributed by atoms with van der Waals surface area (Å²) < 4.78 is 6.67. The van der Waals surface area contributed by atoms with Crippen LogP contribution in [0.5, 0.6) is 0 Å². The zero-order valence-corrected chi connectivity index (χ0v) is 17.1. The second kappa shape index (κ2) is 8.37. The summed E-state index contributed by atoms with van der Waals surface area (Å²) in [6, 6.07) is 11.0. The largest absolute Gasteiger partial charge is 0.510 e. The summed E-state index contributed by atoms with van der Waals surface area (Å²) in [5.74, 6) is 0.163. The van der Waals surface area contributed by atoms with Gasteiger partial charge >= 0.3 is 5.97 Å². The molecule has 0 saturated carbocycles. The third kappa shape index (κ3) is 3.77. The number of hydrogen-bond donors (Lipinski definition) is 2. The number of para-hydroxylation sites is 2. The highest BCUT2D eigenvalue weighted by atomic mass is 32.2. The summed E-state index contributed by atoms with van der Waals surface area (Å²) >= 11 is 1.24. The van der Waals surface area contributed by atoms with E-state index >= 15 is 0 Å². The number of hydrogen-bond acceptors (Lipinski definition) is 8. The number of nitrogens with zero attached hydrogens (tertiary/aromatic N) is 5. The fourth-order valence-corrected chi connectivity index (χ4v) is 3.71. The third-order valence-electron chi connectivity index (χ3n) is 4.42. The number of H-pyrrole nitrogens is 1. The molecule has 0 aliphatic carbocycles. The van der Waals surface area contributed by atoms with Crippen molar-refractivity contribution in [3.8, 4) is 11.4 Å². The highest BCUT2D eigenvalue weighted by Gasteiger charge is 2.23. The summed E-state index contributed by atoms with van der Waals surface area (Å²) in [7, 11) is 3.09. The van der Waals surface area contributed by atoms with Gasteiger partial charge in [-0.1, -0.05) is 23.9 Å². The Morgan fingerprint density at radius 2 is 1.97 bits per heavy atom. The number of carbonyl (C=O) groups excluding carboxylic acids is 1. The number of rotatable bonds is 6. The number of esters is 1. The Labute approximate surface area is 175 Å². The second-order valence-corrected chi connectivity index (χ2v) is 7.25. The molecule has 4 aromatic rings. The summed E-state index contributed by atoms with van der Waals surface area (Å²) in [6.07, 6.45) is 3.36. The minimum Gasteiger partial charge on any atom is -0.510 e. The van der Waals surface area contributed by atoms with Gasteiger partial charge in [-0.15, -0.1) is 10.2 Å². The molecule has 9 nitrogen and oxygen atoms in total. The van der Waals surface area contributed by atoms with Gasteiger partial charge in [0.25, 0.3) is 0 Å². The number of aromatic amines is 1. The monoisotopic (exact) mass is 422 g/mol. The second-order valence-electron chi connectivity index (χ2n) is 6.31. The van der Waals surface area contributed by atoms with Crippen molar-refractivity contribution in [3.63, 3.8) is 0 Å². The van der Waals surface area contributed by atoms with E-state index in [1.54, 1.807) is 12.4 Å². The molecule has 0 aliphatic heterocycles. The van der Waals surface area contributed by atoms with Crippen LogP contribution in [-0.2, 0) is 16.6 Å². The molecule has 3 aromatic heterocycles. The van der Waals surface area contributed by atoms with Crippen molar-refractivity contribution in [3.05, 3.63) is 60.4 Å². The lowest BCUT2D eigenvalue weighted by Crippen LogP contribution is -2.10. The highest BCUT2D eigenvalue weighted by molar-refractivity contribution is 7.99. The van der Waals surface area contributed by atoms with Gasteiger partial charge in [-0.2, -0.15) is 0 Å². The zero-order valence-electron chi connectivity index (χ0n) is 16.2. The summed E-state index contributed by atoms with van der Waals surface area (Å²) in [5, 5.41) is 19.7. The molecule has 0 bridgehead atoms. The van der Waals surface area contributed by atoms with Crippen molar-refractivity contribution in [1.29, 1.82) is 0 Å². The molecule has 4 rings (SSSR count). The number of aromatic nitrogens is 6. The number of carbonyl (C=O) groups is 1. The lowest BCUT2D eigenvalue weighted by Gasteiger charge is -2.07. The van der Waals surface area contributed by atoms with Gasteiger partial charge in [-0.3, -0.25) is 4.98 Å². The normalized spacial score (nSPS) is 12.1. The molecule has 30 heavy (non-hydrogen) atoms. The first-order valence-corrected chi connectivity index (χ1v) is 9.95. The number of aliphatic hydroxyl groups excluding tert-OH is 1. The number of thioether (sulfide) groups is 1. The fourth-order valence-electron chi connectivity index (χ4n) is 2.92. The molecule has 0 amide bonds. The number of methoxy groups -OCH3 is 1. The van der Waals surface area contributed by atoms with Crippen molar-refractivity contribution in [2.45, 2.75) is 5.16 Å². The minimum absolute atomic E-state index is 0.0160. The van der Waals surface area contributed by atoms with Gasteiger partial charge in [0, 0.05) is 25.0 Å². The quantitative estimate of drug-likeness (QED) is 0.211. The van der Waals surface area contributed by atoms with Crippen LogP contribution in [-0.4, -0.2) is 53.7 Å². The molecule has 0 aliphatic rings. The van der Waals surface area contributed by atoms with Crippen LogP contribution in [0.2, 0.25) is 0 Å². The van der Waals surface area contributed by atoms with Gasteiger partial charge in [0.15, 0.2) is 11.0 Å². The molecule has 3 heterocycles. The van der Waals surface area contributed by atoms with Gasteiger partial charge < -0.3 is 19.4 Å². The SMILES string of the molecule is COC(=O)/C(=C(/O)CSc1nnc(-c2ccncc2)n1C)c1nc2ccccc2[nH]1. The first kappa shape index (κ1) is 19.6. The Balaban J connectivity index is 1.62. The minimum atomic E-state index is -0.678. The van der Waals surface area contributed by atoms with Gasteiger partial charge in [-0.05, 0) is 24.3 Å². The van der Waals surface area contributed by atoms with E-state index in [0.29, 0.717) is 16.5 Å². The number of aliphatic hydroxyl groups is 1. The average Bonchev–Trinajstić information content (AvgIpc) is 3.36. The standard InChI is InChI=1S/C20H18N6O3S/c1-26-18(12-7-9-21-10-8-12)24-25-20(26)30-11-15(27)16(19(28)29-2)17-22-13-5-3-4-6-14(13)23-17/h3-10,27H,11H2,1-2H3,(H,22,23)/b16-15+. The smallest absolute Gasteiger partial charge is 0.345 e. The molecule has 0 fully saturated rings. The molecule has 0 saturated heterocycles. The first-order chi connectivity index (χ1) is 14.6. The molecule has 1 aromatic carbocycles. The molecule has 0 spiro atoms. The Bertz CT molecular complexity index is 1200. The maximum Gasteiger partial charge on any atom is 0.345 e. The maximum absolute atomic E-state index is 12.3. The molecule has 2 N–H and O–H groups in total. The predicted molar refractivity (Wildman–Crippen MR) is 113 cm³/mol. The average molecular weight is 422 g/mol. The highest BCUT2D eigenvalue weighted by Crippen LogP contribution is 2.26. The summed E-state index contributed by atoms with van der Waals surface area (Å²) in [6.45, 7) is 0. The number of fused-ring (bicyclic) bond motifs is 1. The van der Waals surface area contributed by atoms with Crippen LogP contribution in [0.25, 0.3) is 28.0 Å². The van der Waals surface area contributed by atoms with Crippen molar-refractivity contribution < 1.29 is 14.6 Å². The Morgan fingerprint density at radius 3 is 2.70 bits per heavy atom. The lowest BCUT2D eigenvalue weighted by atomic mass is 10.2. The molecule has 0 radical (unpaired) electrons. The lowest BCUT2D eigenvalue weighted by molar-refractivity contribution is -0.133. The van der Waals surface area contributed by atoms with Crippen molar-refractivity contribution >= 4 is 34.3 Å². The van der Waals surface area contributed by atoms with E-state index in [0.717, 1.165) is 11.1 Å². The van der Waals surface area contributed by atoms with E-state index in [1.165, 1.54) is 18.9 Å². The summed E-state index contributed by atoms with van der Waals surface area (Å²) in [5.41, 5.74) is 2.30. The van der Waals surface area contributed by atoms with Crippen molar-refractivity contribution in [1.82, 2.24) is 29.7 Å². The Hall–Kier alpha value is -3.66. The van der Waals surface area contributed by atoms with E-state index in [2.05, 4.69) is 25.1 Å². The first-order valence-electron chi connectivity index (χ1n) is 8.96. The van der Waals surface area contributed by atoms with Gasteiger partial charge in [0.1, 0.15) is 17.2 Å². The number of pyridine rings is 1. The molecular formula is C20H18N6O3S. The van der Waals surface area contributed by atoms with E-state index < -0.39 is 5.97 Å². The molecule has 10 heteroatoms. The summed E-state index contributed by atoms with van der Waals surface area (Å²) in [4.78, 5) is 23.8. The van der Waals surface area contributed by atoms with E-state index in [1.807, 2.05) is 48.0 Å². The molecular weight excluding hydrogens is 404 g/mol.